The molecule has 0 aliphatic carbocycles. The second-order valence-electron chi connectivity index (χ2n) is 7.86. The Morgan fingerprint density at radius 2 is 1.85 bits per heavy atom. The number of carboxylic acid groups (broad SMARTS) is 1. The number of carbonyl (C=O) groups is 2. The molecule has 1 aromatic rings. The first-order valence-electron chi connectivity index (χ1n) is 9.08. The van der Waals surface area contributed by atoms with E-state index in [1.165, 1.54) is 0 Å². The minimum atomic E-state index is -1.01. The van der Waals surface area contributed by atoms with Gasteiger partial charge in [0.05, 0.1) is 6.61 Å². The fourth-order valence-electron chi connectivity index (χ4n) is 2.80. The van der Waals surface area contributed by atoms with Gasteiger partial charge in [0.2, 0.25) is 5.91 Å². The number of hydrogen-bond acceptors (Lipinski definition) is 4. The number of carboxylic acids is 1. The molecule has 2 rings (SSSR count). The molecule has 6 nitrogen and oxygen atoms in total. The van der Waals surface area contributed by atoms with Crippen molar-refractivity contribution in [1.29, 1.82) is 0 Å². The van der Waals surface area contributed by atoms with Crippen LogP contribution in [0.2, 0.25) is 0 Å². The molecule has 0 unspecified atom stereocenters. The van der Waals surface area contributed by atoms with Crippen LogP contribution >= 0.6 is 0 Å². The number of hydrogen-bond donors (Lipinski definition) is 2. The molecule has 1 aliphatic rings. The molecule has 26 heavy (non-hydrogen) atoms. The average Bonchev–Trinajstić information content (AvgIpc) is 3.09. The molecule has 0 saturated carbocycles. The summed E-state index contributed by atoms with van der Waals surface area (Å²) in [6, 6.07) is 7.90. The molecule has 0 bridgehead atoms. The monoisotopic (exact) mass is 363 g/mol. The van der Waals surface area contributed by atoms with E-state index in [0.717, 1.165) is 11.3 Å². The number of nitrogens with one attached hydrogen (secondary N) is 1. The van der Waals surface area contributed by atoms with Crippen molar-refractivity contribution in [3.63, 3.8) is 0 Å². The van der Waals surface area contributed by atoms with Crippen LogP contribution < -0.4 is 10.1 Å². The van der Waals surface area contributed by atoms with E-state index in [0.29, 0.717) is 31.9 Å². The van der Waals surface area contributed by atoms with Crippen molar-refractivity contribution in [3.8, 4) is 5.75 Å². The van der Waals surface area contributed by atoms with E-state index in [1.54, 1.807) is 0 Å². The Morgan fingerprint density at radius 1 is 1.23 bits per heavy atom. The Kier molecular flexibility index (Phi) is 6.64. The van der Waals surface area contributed by atoms with Gasteiger partial charge in [-0.1, -0.05) is 39.8 Å². The first kappa shape index (κ1) is 20.2. The van der Waals surface area contributed by atoms with Crippen LogP contribution in [0.5, 0.6) is 5.75 Å². The molecule has 1 fully saturated rings. The molecule has 1 aromatic carbocycles. The lowest BCUT2D eigenvalue weighted by atomic mass is 9.84. The summed E-state index contributed by atoms with van der Waals surface area (Å²) in [4.78, 5) is 23.2. The van der Waals surface area contributed by atoms with E-state index >= 15 is 0 Å². The quantitative estimate of drug-likeness (QED) is 0.742. The first-order chi connectivity index (χ1) is 12.2. The lowest BCUT2D eigenvalue weighted by Crippen LogP contribution is -2.42. The van der Waals surface area contributed by atoms with Crippen LogP contribution in [0.1, 0.15) is 46.1 Å². The third kappa shape index (κ3) is 5.46. The molecule has 0 radical (unpaired) electrons. The number of aliphatic carboxylic acids is 1. The molecule has 1 heterocycles. The summed E-state index contributed by atoms with van der Waals surface area (Å²) >= 11 is 0. The molecular formula is C20H29NO5. The Morgan fingerprint density at radius 3 is 2.38 bits per heavy atom. The van der Waals surface area contributed by atoms with Crippen molar-refractivity contribution in [1.82, 2.24) is 5.32 Å². The Balaban J connectivity index is 1.87. The standard InChI is InChI=1S/C20H29NO5/c1-13(2)11-25-15-7-5-14(6-8-15)20(3,4)12-21-18(22)16-9-10-17(26-16)19(23)24/h5-8,13,16-17H,9-12H2,1-4H3,(H,21,22)(H,23,24)/t16-,17+/m0/s1. The number of rotatable bonds is 8. The summed E-state index contributed by atoms with van der Waals surface area (Å²) in [7, 11) is 0. The topological polar surface area (TPSA) is 84.9 Å². The largest absolute Gasteiger partial charge is 0.493 e. The number of amides is 1. The van der Waals surface area contributed by atoms with E-state index < -0.39 is 18.2 Å². The normalized spacial score (nSPS) is 20.2. The highest BCUT2D eigenvalue weighted by atomic mass is 16.5. The van der Waals surface area contributed by atoms with E-state index in [-0.39, 0.29) is 11.3 Å². The van der Waals surface area contributed by atoms with Gasteiger partial charge in [0.1, 0.15) is 11.9 Å². The van der Waals surface area contributed by atoms with Crippen LogP contribution in [0, 0.1) is 5.92 Å². The minimum absolute atomic E-state index is 0.251. The molecule has 0 spiro atoms. The van der Waals surface area contributed by atoms with Crippen LogP contribution in [-0.2, 0) is 19.7 Å². The Labute approximate surface area is 154 Å². The fourth-order valence-corrected chi connectivity index (χ4v) is 2.80. The van der Waals surface area contributed by atoms with Gasteiger partial charge in [0.15, 0.2) is 6.10 Å². The van der Waals surface area contributed by atoms with E-state index in [9.17, 15) is 9.59 Å². The predicted molar refractivity (Wildman–Crippen MR) is 98.3 cm³/mol. The van der Waals surface area contributed by atoms with Crippen LogP contribution in [0.15, 0.2) is 24.3 Å². The van der Waals surface area contributed by atoms with Gasteiger partial charge >= 0.3 is 5.97 Å². The molecule has 2 N–H and O–H groups in total. The highest BCUT2D eigenvalue weighted by Gasteiger charge is 2.35. The maximum Gasteiger partial charge on any atom is 0.332 e. The van der Waals surface area contributed by atoms with E-state index in [1.807, 2.05) is 38.1 Å². The van der Waals surface area contributed by atoms with Gasteiger partial charge < -0.3 is 19.9 Å². The first-order valence-corrected chi connectivity index (χ1v) is 9.08. The molecular weight excluding hydrogens is 334 g/mol. The number of benzene rings is 1. The number of ether oxygens (including phenoxy) is 2. The highest BCUT2D eigenvalue weighted by molar-refractivity contribution is 5.82. The summed E-state index contributed by atoms with van der Waals surface area (Å²) in [5, 5.41) is 11.8. The zero-order valence-electron chi connectivity index (χ0n) is 16.0. The van der Waals surface area contributed by atoms with Gasteiger partial charge in [-0.25, -0.2) is 4.79 Å². The van der Waals surface area contributed by atoms with Gasteiger partial charge in [-0.05, 0) is 36.5 Å². The average molecular weight is 363 g/mol. The van der Waals surface area contributed by atoms with Gasteiger partial charge in [0, 0.05) is 12.0 Å². The summed E-state index contributed by atoms with van der Waals surface area (Å²) in [5.74, 6) is 0.0420. The number of carbonyl (C=O) groups excluding carboxylic acids is 1. The third-order valence-electron chi connectivity index (χ3n) is 4.51. The molecule has 1 saturated heterocycles. The predicted octanol–water partition coefficient (Wildman–Crippen LogP) is 2.75. The van der Waals surface area contributed by atoms with Crippen LogP contribution in [0.4, 0.5) is 0 Å². The molecule has 6 heteroatoms. The zero-order valence-corrected chi connectivity index (χ0v) is 16.0. The van der Waals surface area contributed by atoms with Crippen LogP contribution in [0.25, 0.3) is 0 Å². The van der Waals surface area contributed by atoms with E-state index in [2.05, 4.69) is 19.2 Å². The highest BCUT2D eigenvalue weighted by Crippen LogP contribution is 2.25. The second kappa shape index (κ2) is 8.54. The molecule has 144 valence electrons. The Hall–Kier alpha value is -2.08. The Bertz CT molecular complexity index is 624. The van der Waals surface area contributed by atoms with Crippen molar-refractivity contribution >= 4 is 11.9 Å². The van der Waals surface area contributed by atoms with Gasteiger partial charge in [-0.2, -0.15) is 0 Å². The van der Waals surface area contributed by atoms with Crippen molar-refractivity contribution in [2.75, 3.05) is 13.2 Å². The zero-order chi connectivity index (χ0) is 19.3. The summed E-state index contributed by atoms with van der Waals surface area (Å²) in [5.41, 5.74) is 0.822. The van der Waals surface area contributed by atoms with Gasteiger partial charge in [-0.15, -0.1) is 0 Å². The summed E-state index contributed by atoms with van der Waals surface area (Å²) in [6.07, 6.45) is -0.754. The second-order valence-corrected chi connectivity index (χ2v) is 7.86. The third-order valence-corrected chi connectivity index (χ3v) is 4.51. The van der Waals surface area contributed by atoms with Gasteiger partial charge in [-0.3, -0.25) is 4.79 Å². The smallest absolute Gasteiger partial charge is 0.332 e. The molecule has 0 aromatic heterocycles. The minimum Gasteiger partial charge on any atom is -0.493 e. The maximum atomic E-state index is 12.2. The SMILES string of the molecule is CC(C)COc1ccc(C(C)(C)CNC(=O)[C@@H]2CC[C@H](C(=O)O)O2)cc1. The summed E-state index contributed by atoms with van der Waals surface area (Å²) < 4.78 is 11.0. The maximum absolute atomic E-state index is 12.2. The van der Waals surface area contributed by atoms with Crippen LogP contribution in [0.3, 0.4) is 0 Å². The molecule has 1 amide bonds. The summed E-state index contributed by atoms with van der Waals surface area (Å²) in [6.45, 7) is 9.42. The van der Waals surface area contributed by atoms with Crippen molar-refractivity contribution in [2.45, 2.75) is 58.2 Å². The van der Waals surface area contributed by atoms with Crippen LogP contribution in [-0.4, -0.2) is 42.3 Å². The van der Waals surface area contributed by atoms with Crippen molar-refractivity contribution < 1.29 is 24.2 Å². The molecule has 2 atom stereocenters. The van der Waals surface area contributed by atoms with E-state index in [4.69, 9.17) is 14.6 Å². The fraction of sp³-hybridized carbons (Fsp3) is 0.600. The lowest BCUT2D eigenvalue weighted by Gasteiger charge is -2.26. The lowest BCUT2D eigenvalue weighted by molar-refractivity contribution is -0.151. The van der Waals surface area contributed by atoms with Gasteiger partial charge in [0.25, 0.3) is 0 Å². The molecule has 1 aliphatic heterocycles. The van der Waals surface area contributed by atoms with Crippen molar-refractivity contribution in [2.24, 2.45) is 5.92 Å². The van der Waals surface area contributed by atoms with Crippen molar-refractivity contribution in [3.05, 3.63) is 29.8 Å².